The molecule has 2 aliphatic heterocycles. The van der Waals surface area contributed by atoms with Gasteiger partial charge in [0.25, 0.3) is 5.91 Å². The molecule has 4 heterocycles. The number of nitrogens with zero attached hydrogens (tertiary/aromatic N) is 1. The zero-order valence-corrected chi connectivity index (χ0v) is 14.9. The second-order valence-corrected chi connectivity index (χ2v) is 7.45. The zero-order chi connectivity index (χ0) is 18.1. The van der Waals surface area contributed by atoms with E-state index in [9.17, 15) is 4.79 Å². The Morgan fingerprint density at radius 3 is 2.70 bits per heavy atom. The fraction of sp³-hybridized carbons (Fsp3) is 0.174. The highest BCUT2D eigenvalue weighted by Gasteiger charge is 2.46. The average molecular weight is 354 g/mol. The van der Waals surface area contributed by atoms with Gasteiger partial charge in [0, 0.05) is 28.7 Å². The molecule has 0 unspecified atom stereocenters. The third kappa shape index (κ3) is 1.90. The van der Waals surface area contributed by atoms with Crippen LogP contribution in [-0.2, 0) is 0 Å². The summed E-state index contributed by atoms with van der Waals surface area (Å²) in [5.74, 6) is 1.94. The molecule has 132 valence electrons. The van der Waals surface area contributed by atoms with Crippen LogP contribution >= 0.6 is 0 Å². The lowest BCUT2D eigenvalue weighted by atomic mass is 9.85. The van der Waals surface area contributed by atoms with Crippen LogP contribution in [0.25, 0.3) is 10.9 Å². The number of para-hydroxylation sites is 1. The van der Waals surface area contributed by atoms with E-state index in [0.29, 0.717) is 6.54 Å². The fourth-order valence-electron chi connectivity index (χ4n) is 4.81. The van der Waals surface area contributed by atoms with Gasteiger partial charge in [0.15, 0.2) is 0 Å². The third-order valence-electron chi connectivity index (χ3n) is 5.94. The van der Waals surface area contributed by atoms with Gasteiger partial charge in [-0.2, -0.15) is 0 Å². The summed E-state index contributed by atoms with van der Waals surface area (Å²) in [5.41, 5.74) is 5.37. The molecule has 4 nitrogen and oxygen atoms in total. The van der Waals surface area contributed by atoms with Crippen LogP contribution in [0.5, 0.6) is 0 Å². The van der Waals surface area contributed by atoms with Crippen LogP contribution in [0.1, 0.15) is 50.7 Å². The Kier molecular flexibility index (Phi) is 2.82. The standard InChI is InChI=1S/C23H18N2O2/c1-13-10-11-19(27-13)17-12-25-22(14-6-2-3-7-15(14)23(25)26)21-20(17)16-8-4-5-9-18(16)24-21/h2-11,17,22,24H,12H2,1H3/t17-,22+/m0/s1. The number of carbonyl (C=O) groups is 1. The second kappa shape index (κ2) is 5.13. The van der Waals surface area contributed by atoms with Crippen LogP contribution < -0.4 is 0 Å². The largest absolute Gasteiger partial charge is 0.466 e. The number of benzene rings is 2. The lowest BCUT2D eigenvalue weighted by Gasteiger charge is -2.35. The average Bonchev–Trinajstić information content (AvgIpc) is 3.36. The van der Waals surface area contributed by atoms with Gasteiger partial charge >= 0.3 is 0 Å². The first-order chi connectivity index (χ1) is 13.2. The Morgan fingerprint density at radius 2 is 1.85 bits per heavy atom. The number of hydrogen-bond acceptors (Lipinski definition) is 2. The lowest BCUT2D eigenvalue weighted by Crippen LogP contribution is -2.37. The van der Waals surface area contributed by atoms with Gasteiger partial charge in [0.05, 0.1) is 12.0 Å². The normalized spacial score (nSPS) is 20.6. The molecule has 0 radical (unpaired) electrons. The Morgan fingerprint density at radius 1 is 1.04 bits per heavy atom. The van der Waals surface area contributed by atoms with Crippen molar-refractivity contribution in [2.45, 2.75) is 18.9 Å². The second-order valence-electron chi connectivity index (χ2n) is 7.45. The topological polar surface area (TPSA) is 49.2 Å². The van der Waals surface area contributed by atoms with Gasteiger partial charge in [0.2, 0.25) is 0 Å². The van der Waals surface area contributed by atoms with E-state index < -0.39 is 0 Å². The number of hydrogen-bond donors (Lipinski definition) is 1. The Balaban J connectivity index is 1.65. The number of aromatic nitrogens is 1. The molecule has 0 fully saturated rings. The monoisotopic (exact) mass is 354 g/mol. The van der Waals surface area contributed by atoms with E-state index in [1.165, 1.54) is 10.9 Å². The molecule has 4 heteroatoms. The summed E-state index contributed by atoms with van der Waals surface area (Å²) < 4.78 is 6.01. The number of carbonyl (C=O) groups excluding carboxylic acids is 1. The summed E-state index contributed by atoms with van der Waals surface area (Å²) in [6.07, 6.45) is 0. The fourth-order valence-corrected chi connectivity index (χ4v) is 4.81. The van der Waals surface area contributed by atoms with Gasteiger partial charge in [-0.3, -0.25) is 4.79 Å². The highest BCUT2D eigenvalue weighted by molar-refractivity contribution is 6.01. The van der Waals surface area contributed by atoms with Gasteiger partial charge in [-0.15, -0.1) is 0 Å². The molecule has 4 aromatic rings. The first-order valence-electron chi connectivity index (χ1n) is 9.29. The molecule has 27 heavy (non-hydrogen) atoms. The molecular weight excluding hydrogens is 336 g/mol. The smallest absolute Gasteiger partial charge is 0.255 e. The predicted octanol–water partition coefficient (Wildman–Crippen LogP) is 4.76. The molecule has 2 atom stereocenters. The number of aryl methyl sites for hydroxylation is 1. The zero-order valence-electron chi connectivity index (χ0n) is 14.9. The molecule has 0 bridgehead atoms. The van der Waals surface area contributed by atoms with Crippen molar-refractivity contribution in [3.05, 3.63) is 94.6 Å². The van der Waals surface area contributed by atoms with E-state index in [4.69, 9.17) is 4.42 Å². The van der Waals surface area contributed by atoms with E-state index in [1.54, 1.807) is 0 Å². The van der Waals surface area contributed by atoms with E-state index in [1.807, 2.05) is 48.2 Å². The Hall–Kier alpha value is -3.27. The van der Waals surface area contributed by atoms with Crippen molar-refractivity contribution in [1.29, 1.82) is 0 Å². The van der Waals surface area contributed by atoms with Crippen molar-refractivity contribution in [2.24, 2.45) is 0 Å². The number of fused-ring (bicyclic) bond motifs is 7. The van der Waals surface area contributed by atoms with Gasteiger partial charge in [0.1, 0.15) is 11.5 Å². The summed E-state index contributed by atoms with van der Waals surface area (Å²) in [4.78, 5) is 18.7. The van der Waals surface area contributed by atoms with E-state index in [-0.39, 0.29) is 17.9 Å². The molecule has 6 rings (SSSR count). The van der Waals surface area contributed by atoms with Crippen molar-refractivity contribution >= 4 is 16.8 Å². The van der Waals surface area contributed by atoms with Crippen molar-refractivity contribution in [3.63, 3.8) is 0 Å². The molecule has 1 amide bonds. The van der Waals surface area contributed by atoms with Gasteiger partial charge < -0.3 is 14.3 Å². The van der Waals surface area contributed by atoms with Gasteiger partial charge in [-0.25, -0.2) is 0 Å². The van der Waals surface area contributed by atoms with Crippen LogP contribution in [0.4, 0.5) is 0 Å². The Labute approximate surface area is 156 Å². The van der Waals surface area contributed by atoms with Crippen LogP contribution in [0, 0.1) is 6.92 Å². The summed E-state index contributed by atoms with van der Waals surface area (Å²) in [6.45, 7) is 2.59. The minimum absolute atomic E-state index is 0.0272. The maximum atomic E-state index is 13.1. The van der Waals surface area contributed by atoms with E-state index >= 15 is 0 Å². The lowest BCUT2D eigenvalue weighted by molar-refractivity contribution is 0.0723. The quantitative estimate of drug-likeness (QED) is 0.536. The number of aromatic amines is 1. The maximum Gasteiger partial charge on any atom is 0.255 e. The van der Waals surface area contributed by atoms with Crippen molar-refractivity contribution < 1.29 is 9.21 Å². The van der Waals surface area contributed by atoms with E-state index in [2.05, 4.69) is 29.2 Å². The number of amides is 1. The van der Waals surface area contributed by atoms with Crippen molar-refractivity contribution in [2.75, 3.05) is 6.54 Å². The minimum atomic E-state index is -0.0524. The SMILES string of the molecule is Cc1ccc([C@@H]2CN3C(=O)c4ccccc4[C@@H]3c3[nH]c4ccccc4c32)o1. The van der Waals surface area contributed by atoms with Crippen LogP contribution in [0.2, 0.25) is 0 Å². The highest BCUT2D eigenvalue weighted by Crippen LogP contribution is 2.49. The van der Waals surface area contributed by atoms with Crippen LogP contribution in [0.15, 0.2) is 65.1 Å². The predicted molar refractivity (Wildman–Crippen MR) is 103 cm³/mol. The molecule has 2 aromatic heterocycles. The van der Waals surface area contributed by atoms with Gasteiger partial charge in [-0.1, -0.05) is 36.4 Å². The Bertz CT molecular complexity index is 1220. The van der Waals surface area contributed by atoms with Crippen LogP contribution in [0.3, 0.4) is 0 Å². The molecule has 0 aliphatic carbocycles. The summed E-state index contributed by atoms with van der Waals surface area (Å²) >= 11 is 0. The summed E-state index contributed by atoms with van der Waals surface area (Å²) in [7, 11) is 0. The first kappa shape index (κ1) is 14.9. The molecule has 2 aromatic carbocycles. The number of rotatable bonds is 1. The van der Waals surface area contributed by atoms with Gasteiger partial charge in [-0.05, 0) is 42.3 Å². The molecule has 0 saturated heterocycles. The van der Waals surface area contributed by atoms with Crippen LogP contribution in [-0.4, -0.2) is 22.3 Å². The molecule has 0 spiro atoms. The minimum Gasteiger partial charge on any atom is -0.466 e. The molecule has 0 saturated carbocycles. The maximum absolute atomic E-state index is 13.1. The molecule has 1 N–H and O–H groups in total. The number of furan rings is 1. The highest BCUT2D eigenvalue weighted by atomic mass is 16.3. The summed E-state index contributed by atoms with van der Waals surface area (Å²) in [5, 5.41) is 1.21. The number of H-pyrrole nitrogens is 1. The third-order valence-corrected chi connectivity index (χ3v) is 5.94. The van der Waals surface area contributed by atoms with Crippen molar-refractivity contribution in [1.82, 2.24) is 9.88 Å². The molecule has 2 aliphatic rings. The van der Waals surface area contributed by atoms with E-state index in [0.717, 1.165) is 33.9 Å². The number of nitrogens with one attached hydrogen (secondary N) is 1. The first-order valence-corrected chi connectivity index (χ1v) is 9.29. The van der Waals surface area contributed by atoms with Crippen molar-refractivity contribution in [3.8, 4) is 0 Å². The summed E-state index contributed by atoms with van der Waals surface area (Å²) in [6, 6.07) is 20.3. The molecular formula is C23H18N2O2.